The van der Waals surface area contributed by atoms with E-state index in [1.807, 2.05) is 44.2 Å². The van der Waals surface area contributed by atoms with E-state index >= 15 is 4.39 Å². The lowest BCUT2D eigenvalue weighted by Gasteiger charge is -2.39. The SMILES string of the molecule is CCOC(=O)CCc1ccc(N(C2CCc3c(-c4c(C)cc(OC5CCS(O)(O)CC5)cc4C)cccc32)S(=O)(=O)c2ccccc2[N+](=O)[O-])cc1F. The van der Waals surface area contributed by atoms with Crippen molar-refractivity contribution in [2.75, 3.05) is 22.4 Å². The predicted molar refractivity (Wildman–Crippen MR) is 203 cm³/mol. The van der Waals surface area contributed by atoms with E-state index in [1.165, 1.54) is 30.3 Å². The number of nitro benzene ring substituents is 1. The topological polar surface area (TPSA) is 157 Å². The average Bonchev–Trinajstić information content (AvgIpc) is 3.53. The van der Waals surface area contributed by atoms with Crippen molar-refractivity contribution < 1.29 is 41.1 Å². The maximum Gasteiger partial charge on any atom is 0.306 e. The molecule has 4 aromatic rings. The molecular weight excluding hydrogens is 724 g/mol. The van der Waals surface area contributed by atoms with Gasteiger partial charge in [0.15, 0.2) is 4.90 Å². The van der Waals surface area contributed by atoms with E-state index in [9.17, 15) is 32.4 Å². The molecule has 4 aromatic carbocycles. The van der Waals surface area contributed by atoms with Gasteiger partial charge < -0.3 is 9.47 Å². The molecule has 0 radical (unpaired) electrons. The molecule has 14 heteroatoms. The summed E-state index contributed by atoms with van der Waals surface area (Å²) >= 11 is 0. The van der Waals surface area contributed by atoms with Crippen LogP contribution in [0.25, 0.3) is 11.1 Å². The van der Waals surface area contributed by atoms with Crippen LogP contribution in [0.1, 0.15) is 66.5 Å². The largest absolute Gasteiger partial charge is 0.490 e. The Kier molecular flexibility index (Phi) is 11.2. The second-order valence-corrected chi connectivity index (χ2v) is 17.7. The van der Waals surface area contributed by atoms with E-state index in [-0.39, 0.29) is 36.8 Å². The molecule has 11 nitrogen and oxygen atoms in total. The standard InChI is InChI=1S/C39H43FN2O9S2/c1-4-50-38(43)17-13-27-12-14-28(24-34(27)40)41(53(48,49)37-11-6-5-10-36(37)42(44)45)35-16-15-31-32(35)8-7-9-33(31)39-25(2)22-30(23-26(39)3)51-29-18-20-52(46,47)21-19-29/h5-12,14,22-24,29,35,46-47H,4,13,15-21H2,1-3H3. The Morgan fingerprint density at radius 2 is 1.70 bits per heavy atom. The number of halogens is 1. The molecule has 1 saturated heterocycles. The number of nitro groups is 1. The van der Waals surface area contributed by atoms with Gasteiger partial charge in [0.2, 0.25) is 0 Å². The number of hydrogen-bond donors (Lipinski definition) is 2. The summed E-state index contributed by atoms with van der Waals surface area (Å²) in [5.74, 6) is 0.140. The quantitative estimate of drug-likeness (QED) is 0.0818. The van der Waals surface area contributed by atoms with Crippen LogP contribution in [0.3, 0.4) is 0 Å². The number of nitrogens with zero attached hydrogens (tertiary/aromatic N) is 2. The van der Waals surface area contributed by atoms with Gasteiger partial charge >= 0.3 is 5.97 Å². The zero-order chi connectivity index (χ0) is 38.1. The Balaban J connectivity index is 1.39. The number of sulfonamides is 1. The number of aryl methyl sites for hydroxylation is 3. The van der Waals surface area contributed by atoms with Gasteiger partial charge in [-0.3, -0.25) is 28.3 Å². The van der Waals surface area contributed by atoms with Crippen LogP contribution in [0.15, 0.2) is 77.7 Å². The summed E-state index contributed by atoms with van der Waals surface area (Å²) in [5.41, 5.74) is 5.02. The van der Waals surface area contributed by atoms with Gasteiger partial charge in [-0.15, -0.1) is 0 Å². The minimum Gasteiger partial charge on any atom is -0.490 e. The van der Waals surface area contributed by atoms with E-state index in [2.05, 4.69) is 0 Å². The lowest BCUT2D eigenvalue weighted by molar-refractivity contribution is -0.387. The number of para-hydroxylation sites is 1. The smallest absolute Gasteiger partial charge is 0.306 e. The van der Waals surface area contributed by atoms with Gasteiger partial charge in [0.1, 0.15) is 17.7 Å². The van der Waals surface area contributed by atoms with Crippen molar-refractivity contribution in [1.29, 1.82) is 0 Å². The number of hydrogen-bond acceptors (Lipinski definition) is 9. The molecule has 0 saturated carbocycles. The van der Waals surface area contributed by atoms with Crippen molar-refractivity contribution in [3.63, 3.8) is 0 Å². The number of anilines is 1. The number of benzene rings is 4. The molecule has 0 amide bonds. The van der Waals surface area contributed by atoms with Gasteiger partial charge in [-0.25, -0.2) is 12.8 Å². The Hall–Kier alpha value is -4.50. The lowest BCUT2D eigenvalue weighted by Crippen LogP contribution is -2.34. The summed E-state index contributed by atoms with van der Waals surface area (Å²) < 4.78 is 77.3. The minimum atomic E-state index is -4.64. The first-order valence-electron chi connectivity index (χ1n) is 17.6. The van der Waals surface area contributed by atoms with E-state index < -0.39 is 53.9 Å². The van der Waals surface area contributed by atoms with Gasteiger partial charge in [-0.1, -0.05) is 36.4 Å². The van der Waals surface area contributed by atoms with Crippen molar-refractivity contribution in [3.05, 3.63) is 117 Å². The van der Waals surface area contributed by atoms with Crippen LogP contribution in [0.2, 0.25) is 0 Å². The Morgan fingerprint density at radius 1 is 1.00 bits per heavy atom. The third-order valence-corrected chi connectivity index (χ3v) is 13.6. The van der Waals surface area contributed by atoms with Gasteiger partial charge in [0.25, 0.3) is 15.7 Å². The van der Waals surface area contributed by atoms with Crippen LogP contribution in [-0.4, -0.2) is 52.6 Å². The van der Waals surface area contributed by atoms with E-state index in [0.29, 0.717) is 48.5 Å². The molecule has 1 atom stereocenters. The summed E-state index contributed by atoms with van der Waals surface area (Å²) in [5, 5.41) is 12.0. The Morgan fingerprint density at radius 3 is 2.36 bits per heavy atom. The fourth-order valence-electron chi connectivity index (χ4n) is 7.49. The average molecular weight is 767 g/mol. The Labute approximate surface area is 310 Å². The van der Waals surface area contributed by atoms with Crippen LogP contribution >= 0.6 is 10.6 Å². The molecule has 2 aliphatic rings. The molecule has 0 aromatic heterocycles. The maximum atomic E-state index is 15.7. The second-order valence-electron chi connectivity index (χ2n) is 13.5. The van der Waals surface area contributed by atoms with Gasteiger partial charge in [-0.05, 0) is 109 Å². The van der Waals surface area contributed by atoms with Crippen LogP contribution in [0.5, 0.6) is 5.75 Å². The van der Waals surface area contributed by atoms with Gasteiger partial charge in [-0.2, -0.15) is 10.6 Å². The molecule has 1 aliphatic carbocycles. The molecule has 1 fully saturated rings. The summed E-state index contributed by atoms with van der Waals surface area (Å²) in [6.45, 7) is 5.84. The molecule has 1 unspecified atom stereocenters. The molecular formula is C39H43FN2O9S2. The molecule has 1 aliphatic heterocycles. The van der Waals surface area contributed by atoms with Crippen molar-refractivity contribution >= 4 is 38.0 Å². The normalized spacial score (nSPS) is 17.5. The highest BCUT2D eigenvalue weighted by atomic mass is 32.3. The number of carbonyl (C=O) groups excluding carboxylic acids is 1. The molecule has 53 heavy (non-hydrogen) atoms. The molecule has 282 valence electrons. The highest BCUT2D eigenvalue weighted by Gasteiger charge is 2.40. The third kappa shape index (κ3) is 8.05. The lowest BCUT2D eigenvalue weighted by atomic mass is 9.90. The fourth-order valence-corrected chi connectivity index (χ4v) is 10.8. The highest BCUT2D eigenvalue weighted by Crippen LogP contribution is 2.48. The van der Waals surface area contributed by atoms with Crippen LogP contribution < -0.4 is 9.04 Å². The molecule has 0 spiro atoms. The zero-order valence-corrected chi connectivity index (χ0v) is 31.4. The number of fused-ring (bicyclic) bond motifs is 1. The van der Waals surface area contributed by atoms with Crippen molar-refractivity contribution in [1.82, 2.24) is 0 Å². The van der Waals surface area contributed by atoms with Crippen LogP contribution in [0, 0.1) is 29.8 Å². The second kappa shape index (κ2) is 15.5. The molecule has 6 rings (SSSR count). The summed E-state index contributed by atoms with van der Waals surface area (Å²) in [4.78, 5) is 22.7. The summed E-state index contributed by atoms with van der Waals surface area (Å²) in [6.07, 6.45) is 1.81. The Bertz CT molecular complexity index is 2130. The molecule has 0 bridgehead atoms. The van der Waals surface area contributed by atoms with Gasteiger partial charge in [0, 0.05) is 36.8 Å². The van der Waals surface area contributed by atoms with Crippen LogP contribution in [0.4, 0.5) is 15.8 Å². The summed E-state index contributed by atoms with van der Waals surface area (Å²) in [7, 11) is -7.16. The first kappa shape index (κ1) is 38.2. The van der Waals surface area contributed by atoms with Crippen molar-refractivity contribution in [2.24, 2.45) is 0 Å². The first-order chi connectivity index (χ1) is 25.2. The number of esters is 1. The van der Waals surface area contributed by atoms with Crippen molar-refractivity contribution in [3.8, 4) is 16.9 Å². The fraction of sp³-hybridized carbons (Fsp3) is 0.359. The monoisotopic (exact) mass is 766 g/mol. The van der Waals surface area contributed by atoms with E-state index in [4.69, 9.17) is 9.47 Å². The van der Waals surface area contributed by atoms with Crippen molar-refractivity contribution in [2.45, 2.75) is 76.3 Å². The molecule has 2 N–H and O–H groups in total. The molecule has 1 heterocycles. The predicted octanol–water partition coefficient (Wildman–Crippen LogP) is 8.69. The number of rotatable bonds is 12. The third-order valence-electron chi connectivity index (χ3n) is 9.93. The van der Waals surface area contributed by atoms with E-state index in [0.717, 1.165) is 44.3 Å². The van der Waals surface area contributed by atoms with E-state index in [1.54, 1.807) is 6.92 Å². The number of carbonyl (C=O) groups is 1. The van der Waals surface area contributed by atoms with Gasteiger partial charge in [0.05, 0.1) is 23.3 Å². The number of ether oxygens (including phenoxy) is 2. The zero-order valence-electron chi connectivity index (χ0n) is 29.8. The van der Waals surface area contributed by atoms with Crippen LogP contribution in [-0.2, 0) is 32.4 Å². The summed E-state index contributed by atoms with van der Waals surface area (Å²) in [6, 6.07) is 17.9. The highest BCUT2D eigenvalue weighted by molar-refractivity contribution is 8.24. The maximum absolute atomic E-state index is 15.7. The minimum absolute atomic E-state index is 0.00148. The first-order valence-corrected chi connectivity index (χ1v) is 20.9.